The van der Waals surface area contributed by atoms with Crippen LogP contribution in [0.4, 0.5) is 34.5 Å². The van der Waals surface area contributed by atoms with Gasteiger partial charge in [-0.2, -0.15) is 22.5 Å². The van der Waals surface area contributed by atoms with Crippen molar-refractivity contribution in [3.63, 3.8) is 0 Å². The molecule has 1 aromatic heterocycles. The second-order valence-electron chi connectivity index (χ2n) is 8.44. The van der Waals surface area contributed by atoms with E-state index in [-0.39, 0.29) is 17.2 Å². The van der Waals surface area contributed by atoms with Crippen LogP contribution in [0.15, 0.2) is 18.2 Å². The monoisotopic (exact) mass is 486 g/mol. The van der Waals surface area contributed by atoms with E-state index in [4.69, 9.17) is 10.5 Å². The number of anilines is 3. The molecule has 2 aromatic rings. The molecule has 2 amide bonds. The first-order valence-electron chi connectivity index (χ1n) is 10.8. The number of aromatic nitrogens is 2. The van der Waals surface area contributed by atoms with Crippen molar-refractivity contribution in [3.05, 3.63) is 29.6 Å². The molecule has 2 heterocycles. The van der Waals surface area contributed by atoms with Crippen molar-refractivity contribution >= 4 is 34.1 Å². The van der Waals surface area contributed by atoms with Crippen molar-refractivity contribution in [1.29, 1.82) is 0 Å². The zero-order valence-corrected chi connectivity index (χ0v) is 19.6. The quantitative estimate of drug-likeness (QED) is 0.501. The van der Waals surface area contributed by atoms with Gasteiger partial charge in [0.2, 0.25) is 11.0 Å². The molecule has 1 saturated heterocycles. The van der Waals surface area contributed by atoms with E-state index in [1.807, 2.05) is 12.1 Å². The normalized spacial score (nSPS) is 16.0. The maximum absolute atomic E-state index is 13.0. The van der Waals surface area contributed by atoms with Crippen molar-refractivity contribution < 1.29 is 22.7 Å². The van der Waals surface area contributed by atoms with Gasteiger partial charge >= 0.3 is 12.2 Å². The van der Waals surface area contributed by atoms with Crippen LogP contribution in [0.2, 0.25) is 0 Å². The Labute approximate surface area is 194 Å². The molecule has 33 heavy (non-hydrogen) atoms. The van der Waals surface area contributed by atoms with Gasteiger partial charge in [-0.15, -0.1) is 0 Å². The van der Waals surface area contributed by atoms with Gasteiger partial charge in [0.1, 0.15) is 0 Å². The summed E-state index contributed by atoms with van der Waals surface area (Å²) in [7, 11) is 0. The molecule has 12 heteroatoms. The van der Waals surface area contributed by atoms with E-state index >= 15 is 0 Å². The van der Waals surface area contributed by atoms with Gasteiger partial charge in [0.05, 0.1) is 17.4 Å². The maximum Gasteiger partial charge on any atom is 0.452 e. The Balaban J connectivity index is 2.01. The second kappa shape index (κ2) is 10.6. The van der Waals surface area contributed by atoms with E-state index in [0.29, 0.717) is 36.4 Å². The Bertz CT molecular complexity index is 946. The number of hydrogen-bond donors (Lipinski definition) is 3. The van der Waals surface area contributed by atoms with Gasteiger partial charge in [-0.25, -0.2) is 4.79 Å². The third kappa shape index (κ3) is 6.70. The lowest BCUT2D eigenvalue weighted by molar-refractivity contribution is -0.144. The summed E-state index contributed by atoms with van der Waals surface area (Å²) in [5, 5.41) is 5.69. The number of benzene rings is 1. The number of primary amides is 1. The number of rotatable bonds is 8. The molecule has 0 spiro atoms. The zero-order chi connectivity index (χ0) is 24.2. The van der Waals surface area contributed by atoms with Crippen molar-refractivity contribution in [2.24, 2.45) is 11.7 Å². The van der Waals surface area contributed by atoms with Crippen LogP contribution in [0, 0.1) is 5.92 Å². The largest absolute Gasteiger partial charge is 0.452 e. The molecular weight excluding hydrogens is 457 g/mol. The summed E-state index contributed by atoms with van der Waals surface area (Å²) in [4.78, 5) is 17.2. The first-order valence-corrected chi connectivity index (χ1v) is 11.5. The molecular formula is C21H29F3N6O2S. The molecule has 0 bridgehead atoms. The number of carbonyl (C=O) groups excluding carboxylic acids is 1. The third-order valence-electron chi connectivity index (χ3n) is 5.30. The molecule has 3 rings (SSSR count). The van der Waals surface area contributed by atoms with Gasteiger partial charge in [-0.3, -0.25) is 0 Å². The van der Waals surface area contributed by atoms with E-state index in [9.17, 15) is 18.0 Å². The highest BCUT2D eigenvalue weighted by molar-refractivity contribution is 7.09. The van der Waals surface area contributed by atoms with Crippen LogP contribution in [0.1, 0.15) is 51.0 Å². The summed E-state index contributed by atoms with van der Waals surface area (Å²) in [6.45, 7) is 8.09. The van der Waals surface area contributed by atoms with Crippen LogP contribution in [0.3, 0.4) is 0 Å². The fraction of sp³-hybridized carbons (Fsp3) is 0.571. The average molecular weight is 487 g/mol. The lowest BCUT2D eigenvalue weighted by atomic mass is 10.0. The van der Waals surface area contributed by atoms with Gasteiger partial charge in [0.25, 0.3) is 0 Å². The topological polar surface area (TPSA) is 105 Å². The predicted octanol–water partition coefficient (Wildman–Crippen LogP) is 4.67. The highest BCUT2D eigenvalue weighted by atomic mass is 32.1. The number of hydrogen-bond acceptors (Lipinski definition) is 7. The number of nitrogens with one attached hydrogen (secondary N) is 2. The highest BCUT2D eigenvalue weighted by Crippen LogP contribution is 2.37. The van der Waals surface area contributed by atoms with Gasteiger partial charge in [-0.1, -0.05) is 19.9 Å². The first-order chi connectivity index (χ1) is 15.5. The Morgan fingerprint density at radius 3 is 2.58 bits per heavy atom. The van der Waals surface area contributed by atoms with Crippen molar-refractivity contribution in [1.82, 2.24) is 14.7 Å². The van der Waals surface area contributed by atoms with Crippen LogP contribution in [0.5, 0.6) is 0 Å². The molecule has 0 aliphatic carbocycles. The minimum Gasteiger partial charge on any atom is -0.381 e. The minimum absolute atomic E-state index is 0.0349. The number of amides is 2. The standard InChI is InChI=1S/C21H29F3N6O2S/c1-12(2)11-30(15-6-8-32-9-7-15)17-5-4-14(13(3)26-19(25)31)10-16(17)27-20-28-18(29-33-20)21(22,23)24/h4-5,10,12-13,15H,6-9,11H2,1-3H3,(H3,25,26,31)(H,27,28,29). The third-order valence-corrected chi connectivity index (χ3v) is 5.93. The molecule has 8 nitrogen and oxygen atoms in total. The van der Waals surface area contributed by atoms with Crippen molar-refractivity contribution in [2.45, 2.75) is 51.9 Å². The molecule has 182 valence electrons. The van der Waals surface area contributed by atoms with Crippen LogP contribution >= 0.6 is 11.5 Å². The Hall–Kier alpha value is -2.60. The summed E-state index contributed by atoms with van der Waals surface area (Å²) in [6.07, 6.45) is -2.91. The van der Waals surface area contributed by atoms with E-state index in [1.54, 1.807) is 13.0 Å². The SMILES string of the molecule is CC(C)CN(c1ccc(C(C)NC(N)=O)cc1Nc1nc(C(F)(F)F)ns1)C1CCOCC1. The molecule has 4 N–H and O–H groups in total. The number of carbonyl (C=O) groups is 1. The van der Waals surface area contributed by atoms with Crippen LogP contribution < -0.4 is 21.3 Å². The van der Waals surface area contributed by atoms with E-state index in [0.717, 1.165) is 30.6 Å². The summed E-state index contributed by atoms with van der Waals surface area (Å²) in [5.41, 5.74) is 7.43. The van der Waals surface area contributed by atoms with E-state index < -0.39 is 18.0 Å². The second-order valence-corrected chi connectivity index (χ2v) is 9.19. The first kappa shape index (κ1) is 25.0. The molecule has 0 radical (unpaired) electrons. The van der Waals surface area contributed by atoms with Gasteiger partial charge in [0.15, 0.2) is 0 Å². The summed E-state index contributed by atoms with van der Waals surface area (Å²) in [6, 6.07) is 4.78. The van der Waals surface area contributed by atoms with Crippen LogP contribution in [0.25, 0.3) is 0 Å². The summed E-state index contributed by atoms with van der Waals surface area (Å²) >= 11 is 0.646. The van der Waals surface area contributed by atoms with Gasteiger partial charge in [0, 0.05) is 37.3 Å². The van der Waals surface area contributed by atoms with E-state index in [2.05, 4.69) is 38.7 Å². The Morgan fingerprint density at radius 1 is 1.30 bits per heavy atom. The fourth-order valence-electron chi connectivity index (χ4n) is 3.81. The van der Waals surface area contributed by atoms with Crippen molar-refractivity contribution in [3.8, 4) is 0 Å². The number of nitrogens with zero attached hydrogens (tertiary/aromatic N) is 3. The smallest absolute Gasteiger partial charge is 0.381 e. The molecule has 0 saturated carbocycles. The highest BCUT2D eigenvalue weighted by Gasteiger charge is 2.36. The Morgan fingerprint density at radius 2 is 2.00 bits per heavy atom. The fourth-order valence-corrected chi connectivity index (χ4v) is 4.41. The molecule has 1 aliphatic rings. The molecule has 1 aromatic carbocycles. The minimum atomic E-state index is -4.62. The number of urea groups is 1. The van der Waals surface area contributed by atoms with Crippen LogP contribution in [-0.4, -0.2) is 41.2 Å². The molecule has 1 aliphatic heterocycles. The Kier molecular flexibility index (Phi) is 8.01. The van der Waals surface area contributed by atoms with Crippen molar-refractivity contribution in [2.75, 3.05) is 30.0 Å². The van der Waals surface area contributed by atoms with E-state index in [1.165, 1.54) is 0 Å². The molecule has 1 atom stereocenters. The molecule has 1 unspecified atom stereocenters. The number of halogens is 3. The number of ether oxygens (including phenoxy) is 1. The molecule has 1 fully saturated rings. The number of alkyl halides is 3. The summed E-state index contributed by atoms with van der Waals surface area (Å²) in [5.74, 6) is -0.825. The van der Waals surface area contributed by atoms with Gasteiger partial charge in [-0.05, 0) is 43.4 Å². The predicted molar refractivity (Wildman–Crippen MR) is 122 cm³/mol. The van der Waals surface area contributed by atoms with Gasteiger partial charge < -0.3 is 26.0 Å². The number of nitrogens with two attached hydrogens (primary N) is 1. The zero-order valence-electron chi connectivity index (χ0n) is 18.8. The summed E-state index contributed by atoms with van der Waals surface area (Å²) < 4.78 is 48.0. The lowest BCUT2D eigenvalue weighted by Crippen LogP contribution is -2.42. The average Bonchev–Trinajstić information content (AvgIpc) is 3.21. The maximum atomic E-state index is 13.0. The lowest BCUT2D eigenvalue weighted by Gasteiger charge is -2.38. The van der Waals surface area contributed by atoms with Crippen LogP contribution in [-0.2, 0) is 10.9 Å².